The third kappa shape index (κ3) is 3.16. The summed E-state index contributed by atoms with van der Waals surface area (Å²) in [6, 6.07) is 0.511. The van der Waals surface area contributed by atoms with Crippen LogP contribution >= 0.6 is 11.6 Å². The van der Waals surface area contributed by atoms with Crippen molar-refractivity contribution in [2.24, 2.45) is 0 Å². The summed E-state index contributed by atoms with van der Waals surface area (Å²) >= 11 is 5.63. The molecule has 110 valence electrons. The van der Waals surface area contributed by atoms with Gasteiger partial charge in [-0.15, -0.1) is 0 Å². The number of rotatable bonds is 3. The highest BCUT2D eigenvalue weighted by molar-refractivity contribution is 6.33. The Morgan fingerprint density at radius 2 is 1.90 bits per heavy atom. The highest BCUT2D eigenvalue weighted by Crippen LogP contribution is 2.27. The van der Waals surface area contributed by atoms with Gasteiger partial charge in [0.25, 0.3) is 0 Å². The number of benzene rings is 1. The van der Waals surface area contributed by atoms with E-state index in [-0.39, 0.29) is 5.02 Å². The fraction of sp³-hybridized carbons (Fsp3) is 0.333. The zero-order valence-electron chi connectivity index (χ0n) is 11.0. The van der Waals surface area contributed by atoms with Gasteiger partial charge < -0.3 is 15.3 Å². The highest BCUT2D eigenvalue weighted by atomic mass is 35.5. The molecule has 0 fully saturated rings. The van der Waals surface area contributed by atoms with Crippen molar-refractivity contribution in [1.82, 2.24) is 4.90 Å². The Morgan fingerprint density at radius 1 is 1.35 bits per heavy atom. The molecule has 0 aliphatic carbocycles. The van der Waals surface area contributed by atoms with Crippen LogP contribution in [0.5, 0.6) is 0 Å². The summed E-state index contributed by atoms with van der Waals surface area (Å²) in [5.41, 5.74) is -1.92. The largest absolute Gasteiger partial charge is 0.480 e. The van der Waals surface area contributed by atoms with Crippen LogP contribution in [0.15, 0.2) is 12.1 Å². The van der Waals surface area contributed by atoms with E-state index in [0.29, 0.717) is 6.07 Å². The zero-order chi connectivity index (χ0) is 15.7. The topological polar surface area (TPSA) is 69.6 Å². The number of carbonyl (C=O) groups excluding carboxylic acids is 1. The van der Waals surface area contributed by atoms with Crippen molar-refractivity contribution in [3.05, 3.63) is 28.8 Å². The van der Waals surface area contributed by atoms with Gasteiger partial charge >= 0.3 is 12.0 Å². The van der Waals surface area contributed by atoms with Crippen molar-refractivity contribution < 1.29 is 23.5 Å². The number of carbonyl (C=O) groups is 2. The first-order valence-corrected chi connectivity index (χ1v) is 5.88. The molecule has 0 saturated carbocycles. The van der Waals surface area contributed by atoms with Gasteiger partial charge in [-0.2, -0.15) is 0 Å². The average molecular weight is 307 g/mol. The number of aliphatic carboxylic acids is 1. The van der Waals surface area contributed by atoms with Gasteiger partial charge in [-0.25, -0.2) is 18.4 Å². The van der Waals surface area contributed by atoms with E-state index in [0.717, 1.165) is 11.0 Å². The van der Waals surface area contributed by atoms with Crippen molar-refractivity contribution in [2.45, 2.75) is 19.4 Å². The normalized spacial score (nSPS) is 11.1. The molecular formula is C12H13ClF2N2O3. The number of likely N-dealkylation sites (N-methyl/N-ethyl adjacent to an activating group) is 1. The highest BCUT2D eigenvalue weighted by Gasteiger charge is 2.35. The Morgan fingerprint density at radius 3 is 2.35 bits per heavy atom. The van der Waals surface area contributed by atoms with Crippen LogP contribution < -0.4 is 5.32 Å². The Kier molecular flexibility index (Phi) is 4.54. The van der Waals surface area contributed by atoms with Gasteiger partial charge in [-0.1, -0.05) is 11.6 Å². The van der Waals surface area contributed by atoms with Gasteiger partial charge in [-0.05, 0) is 19.9 Å². The minimum atomic E-state index is -1.51. The predicted molar refractivity (Wildman–Crippen MR) is 69.9 cm³/mol. The van der Waals surface area contributed by atoms with Gasteiger partial charge in [-0.3, -0.25) is 0 Å². The minimum Gasteiger partial charge on any atom is -0.480 e. The zero-order valence-corrected chi connectivity index (χ0v) is 11.8. The van der Waals surface area contributed by atoms with E-state index in [1.165, 1.54) is 20.9 Å². The van der Waals surface area contributed by atoms with E-state index in [1.54, 1.807) is 0 Å². The van der Waals surface area contributed by atoms with E-state index >= 15 is 0 Å². The molecule has 1 rings (SSSR count). The summed E-state index contributed by atoms with van der Waals surface area (Å²) in [6.45, 7) is 2.61. The van der Waals surface area contributed by atoms with Gasteiger partial charge in [0.05, 0.1) is 10.7 Å². The first-order chi connectivity index (χ1) is 9.07. The molecule has 0 aliphatic rings. The van der Waals surface area contributed by atoms with Crippen molar-refractivity contribution in [1.29, 1.82) is 0 Å². The predicted octanol–water partition coefficient (Wildman–Crippen LogP) is 2.95. The van der Waals surface area contributed by atoms with Crippen LogP contribution in [0, 0.1) is 11.6 Å². The van der Waals surface area contributed by atoms with Crippen molar-refractivity contribution in [3.63, 3.8) is 0 Å². The van der Waals surface area contributed by atoms with Crippen molar-refractivity contribution >= 4 is 29.3 Å². The van der Waals surface area contributed by atoms with Crippen LogP contribution in [0.25, 0.3) is 0 Å². The molecule has 0 aromatic heterocycles. The number of anilines is 1. The van der Waals surface area contributed by atoms with Crippen LogP contribution in [0.2, 0.25) is 5.02 Å². The summed E-state index contributed by atoms with van der Waals surface area (Å²) in [5.74, 6) is -3.17. The lowest BCUT2D eigenvalue weighted by Gasteiger charge is -2.31. The van der Waals surface area contributed by atoms with E-state index in [9.17, 15) is 18.4 Å². The molecule has 0 radical (unpaired) electrons. The molecule has 8 heteroatoms. The van der Waals surface area contributed by atoms with Crippen molar-refractivity contribution in [2.75, 3.05) is 12.4 Å². The number of nitrogens with one attached hydrogen (secondary N) is 1. The van der Waals surface area contributed by atoms with Gasteiger partial charge in [0.2, 0.25) is 0 Å². The molecule has 0 atom stereocenters. The fourth-order valence-electron chi connectivity index (χ4n) is 1.25. The van der Waals surface area contributed by atoms with E-state index in [4.69, 9.17) is 16.7 Å². The fourth-order valence-corrected chi connectivity index (χ4v) is 1.49. The van der Waals surface area contributed by atoms with Crippen LogP contribution in [-0.2, 0) is 4.79 Å². The molecule has 5 nitrogen and oxygen atoms in total. The van der Waals surface area contributed by atoms with Crippen LogP contribution in [0.1, 0.15) is 13.8 Å². The number of carboxylic acid groups (broad SMARTS) is 1. The summed E-state index contributed by atoms with van der Waals surface area (Å²) in [4.78, 5) is 23.8. The second-order valence-corrected chi connectivity index (χ2v) is 5.00. The minimum absolute atomic E-state index is 0.322. The SMILES string of the molecule is CN(C(=O)Nc1c(F)cc(F)cc1Cl)C(C)(C)C(=O)O. The second kappa shape index (κ2) is 5.62. The third-order valence-electron chi connectivity index (χ3n) is 2.91. The molecule has 2 amide bonds. The molecule has 0 bridgehead atoms. The first-order valence-electron chi connectivity index (χ1n) is 5.50. The summed E-state index contributed by atoms with van der Waals surface area (Å²) in [7, 11) is 1.23. The summed E-state index contributed by atoms with van der Waals surface area (Å²) in [5, 5.41) is 10.8. The van der Waals surface area contributed by atoms with Gasteiger partial charge in [0.15, 0.2) is 5.82 Å². The number of halogens is 3. The quantitative estimate of drug-likeness (QED) is 0.902. The number of amides is 2. The van der Waals surface area contributed by atoms with E-state index in [2.05, 4.69) is 5.32 Å². The smallest absolute Gasteiger partial charge is 0.329 e. The molecule has 2 N–H and O–H groups in total. The van der Waals surface area contributed by atoms with E-state index < -0.39 is 34.9 Å². The maximum Gasteiger partial charge on any atom is 0.329 e. The Balaban J connectivity index is 3.00. The molecule has 0 spiro atoms. The third-order valence-corrected chi connectivity index (χ3v) is 3.20. The lowest BCUT2D eigenvalue weighted by atomic mass is 10.1. The molecule has 20 heavy (non-hydrogen) atoms. The standard InChI is InChI=1S/C12H13ClF2N2O3/c1-12(2,10(18)19)17(3)11(20)16-9-7(13)4-6(14)5-8(9)15/h4-5H,1-3H3,(H,16,20)(H,18,19). The maximum absolute atomic E-state index is 13.5. The first kappa shape index (κ1) is 16.2. The van der Waals surface area contributed by atoms with Crippen LogP contribution in [0.4, 0.5) is 19.3 Å². The van der Waals surface area contributed by atoms with Gasteiger partial charge in [0.1, 0.15) is 11.4 Å². The number of nitrogens with zero attached hydrogens (tertiary/aromatic N) is 1. The lowest BCUT2D eigenvalue weighted by Crippen LogP contribution is -2.52. The van der Waals surface area contributed by atoms with Crippen molar-refractivity contribution in [3.8, 4) is 0 Å². The molecule has 0 saturated heterocycles. The molecule has 0 heterocycles. The Bertz CT molecular complexity index is 541. The number of urea groups is 1. The van der Waals surface area contributed by atoms with Gasteiger partial charge in [0, 0.05) is 13.1 Å². The Hall–Kier alpha value is -1.89. The van der Waals surface area contributed by atoms with Crippen LogP contribution in [-0.4, -0.2) is 34.6 Å². The lowest BCUT2D eigenvalue weighted by molar-refractivity contribution is -0.146. The maximum atomic E-state index is 13.5. The van der Waals surface area contributed by atoms with Crippen LogP contribution in [0.3, 0.4) is 0 Å². The number of hydrogen-bond donors (Lipinski definition) is 2. The monoisotopic (exact) mass is 306 g/mol. The number of carboxylic acids is 1. The average Bonchev–Trinajstić information content (AvgIpc) is 2.32. The van der Waals surface area contributed by atoms with E-state index in [1.807, 2.05) is 0 Å². The number of hydrogen-bond acceptors (Lipinski definition) is 2. The summed E-state index contributed by atoms with van der Waals surface area (Å²) < 4.78 is 26.4. The molecule has 1 aromatic rings. The molecule has 0 aliphatic heterocycles. The molecule has 1 aromatic carbocycles. The summed E-state index contributed by atoms with van der Waals surface area (Å²) in [6.07, 6.45) is 0. The molecule has 0 unspecified atom stereocenters. The Labute approximate surface area is 119 Å². The molecular weight excluding hydrogens is 294 g/mol. The second-order valence-electron chi connectivity index (χ2n) is 4.60.